The normalized spacial score (nSPS) is 14.6. The Hall–Kier alpha value is -3.28. The Balaban J connectivity index is 0.00000380. The van der Waals surface area contributed by atoms with Crippen LogP contribution in [0.2, 0.25) is 0 Å². The standard InChI is InChI=1S/C25H28BN3O6S.CH4/c30-24(29-23(26(31)32)14-19-11-12-19)20(13-18-7-3-1-4-8-18)17-36(33,34)22-15-27-25(28-16-22)35-21-9-5-2-6-10-21;/h1-10,15-16,19-20,23,31-32H,11-14,17H2,(H,29,30);1H4/t20-,23+;/m1./s1. The Morgan fingerprint density at radius 3 is 2.19 bits per heavy atom. The van der Waals surface area contributed by atoms with Crippen LogP contribution >= 0.6 is 0 Å². The molecule has 3 N–H and O–H groups in total. The van der Waals surface area contributed by atoms with Gasteiger partial charge in [-0.1, -0.05) is 68.8 Å². The molecule has 1 saturated carbocycles. The van der Waals surface area contributed by atoms with Crippen molar-refractivity contribution in [1.82, 2.24) is 15.3 Å². The van der Waals surface area contributed by atoms with Crippen LogP contribution in [0, 0.1) is 11.8 Å². The van der Waals surface area contributed by atoms with Crippen molar-refractivity contribution in [1.29, 1.82) is 0 Å². The summed E-state index contributed by atoms with van der Waals surface area (Å²) in [5.41, 5.74) is 0.791. The quantitative estimate of drug-likeness (QED) is 0.307. The van der Waals surface area contributed by atoms with E-state index in [1.807, 2.05) is 36.4 Å². The predicted octanol–water partition coefficient (Wildman–Crippen LogP) is 2.83. The summed E-state index contributed by atoms with van der Waals surface area (Å²) in [6.07, 6.45) is 4.87. The van der Waals surface area contributed by atoms with Gasteiger partial charge in [-0.15, -0.1) is 0 Å². The highest BCUT2D eigenvalue weighted by Crippen LogP contribution is 2.33. The minimum absolute atomic E-state index is 0. The number of aromatic nitrogens is 2. The Morgan fingerprint density at radius 1 is 1.03 bits per heavy atom. The maximum Gasteiger partial charge on any atom is 0.475 e. The first-order chi connectivity index (χ1) is 17.3. The SMILES string of the molecule is C.O=C(N[C@@H](CC1CC1)B(O)O)[C@H](Cc1ccccc1)CS(=O)(=O)c1cnc(Oc2ccccc2)nc1. The second-order valence-electron chi connectivity index (χ2n) is 8.99. The number of carbonyl (C=O) groups is 1. The van der Waals surface area contributed by atoms with Crippen molar-refractivity contribution in [3.63, 3.8) is 0 Å². The van der Waals surface area contributed by atoms with Gasteiger partial charge < -0.3 is 20.1 Å². The van der Waals surface area contributed by atoms with Crippen LogP contribution in [0.25, 0.3) is 0 Å². The van der Waals surface area contributed by atoms with E-state index < -0.39 is 40.5 Å². The third-order valence-electron chi connectivity index (χ3n) is 6.00. The van der Waals surface area contributed by atoms with Crippen LogP contribution in [-0.2, 0) is 21.1 Å². The molecule has 9 nitrogen and oxygen atoms in total. The third-order valence-corrected chi connectivity index (χ3v) is 7.77. The lowest BCUT2D eigenvalue weighted by molar-refractivity contribution is -0.124. The fourth-order valence-electron chi connectivity index (χ4n) is 3.87. The zero-order valence-electron chi connectivity index (χ0n) is 19.6. The van der Waals surface area contributed by atoms with E-state index in [4.69, 9.17) is 4.74 Å². The summed E-state index contributed by atoms with van der Waals surface area (Å²) in [6.45, 7) is 0. The summed E-state index contributed by atoms with van der Waals surface area (Å²) in [6, 6.07) is 17.9. The van der Waals surface area contributed by atoms with Crippen LogP contribution in [0.1, 0.15) is 32.3 Å². The molecule has 1 heterocycles. The van der Waals surface area contributed by atoms with Crippen LogP contribution in [0.3, 0.4) is 0 Å². The van der Waals surface area contributed by atoms with E-state index in [2.05, 4.69) is 15.3 Å². The van der Waals surface area contributed by atoms with Gasteiger partial charge in [-0.25, -0.2) is 18.4 Å². The molecule has 37 heavy (non-hydrogen) atoms. The van der Waals surface area contributed by atoms with Gasteiger partial charge in [0, 0.05) is 0 Å². The lowest BCUT2D eigenvalue weighted by Gasteiger charge is -2.22. The van der Waals surface area contributed by atoms with Crippen molar-refractivity contribution in [2.75, 3.05) is 5.75 Å². The van der Waals surface area contributed by atoms with Gasteiger partial charge in [-0.05, 0) is 36.5 Å². The number of rotatable bonds is 12. The monoisotopic (exact) mass is 525 g/mol. The summed E-state index contributed by atoms with van der Waals surface area (Å²) in [5.74, 6) is -2.01. The molecule has 11 heteroatoms. The predicted molar refractivity (Wildman–Crippen MR) is 140 cm³/mol. The van der Waals surface area contributed by atoms with Crippen LogP contribution < -0.4 is 10.1 Å². The summed E-state index contributed by atoms with van der Waals surface area (Å²) in [7, 11) is -5.68. The fourth-order valence-corrected chi connectivity index (χ4v) is 5.29. The van der Waals surface area contributed by atoms with Gasteiger partial charge in [0.15, 0.2) is 9.84 Å². The molecule has 1 amide bonds. The van der Waals surface area contributed by atoms with Crippen molar-refractivity contribution in [2.45, 2.75) is 43.9 Å². The minimum Gasteiger partial charge on any atom is -0.426 e. The molecule has 4 rings (SSSR count). The van der Waals surface area contributed by atoms with E-state index in [-0.39, 0.29) is 24.8 Å². The Morgan fingerprint density at radius 2 is 1.62 bits per heavy atom. The molecule has 0 bridgehead atoms. The van der Waals surface area contributed by atoms with Crippen molar-refractivity contribution in [3.8, 4) is 11.8 Å². The molecule has 0 aliphatic heterocycles. The molecule has 0 saturated heterocycles. The summed E-state index contributed by atoms with van der Waals surface area (Å²) < 4.78 is 31.9. The highest BCUT2D eigenvalue weighted by atomic mass is 32.2. The van der Waals surface area contributed by atoms with Crippen LogP contribution in [0.5, 0.6) is 11.8 Å². The van der Waals surface area contributed by atoms with E-state index in [0.29, 0.717) is 18.1 Å². The van der Waals surface area contributed by atoms with E-state index in [1.54, 1.807) is 24.3 Å². The van der Waals surface area contributed by atoms with Crippen LogP contribution in [0.15, 0.2) is 78.0 Å². The molecule has 1 aliphatic carbocycles. The Kier molecular flexibility index (Phi) is 9.79. The molecule has 196 valence electrons. The number of nitrogens with zero attached hydrogens (tertiary/aromatic N) is 2. The maximum absolute atomic E-state index is 13.2. The van der Waals surface area contributed by atoms with Gasteiger partial charge in [0.05, 0.1) is 30.0 Å². The lowest BCUT2D eigenvalue weighted by Crippen LogP contribution is -2.50. The fraction of sp³-hybridized carbons (Fsp3) is 0.346. The smallest absolute Gasteiger partial charge is 0.426 e. The molecule has 2 atom stereocenters. The number of hydrogen-bond acceptors (Lipinski definition) is 8. The average molecular weight is 525 g/mol. The molecule has 1 aromatic heterocycles. The lowest BCUT2D eigenvalue weighted by atomic mass is 9.76. The van der Waals surface area contributed by atoms with Crippen LogP contribution in [0.4, 0.5) is 0 Å². The van der Waals surface area contributed by atoms with Gasteiger partial charge in [0.25, 0.3) is 0 Å². The molecule has 1 fully saturated rings. The van der Waals surface area contributed by atoms with E-state index in [1.165, 1.54) is 0 Å². The summed E-state index contributed by atoms with van der Waals surface area (Å²) in [4.78, 5) is 21.1. The summed E-state index contributed by atoms with van der Waals surface area (Å²) in [5, 5.41) is 22.2. The molecular weight excluding hydrogens is 493 g/mol. The first-order valence-corrected chi connectivity index (χ1v) is 13.4. The molecule has 0 spiro atoms. The molecule has 3 aromatic rings. The van der Waals surface area contributed by atoms with Crippen molar-refractivity contribution < 1.29 is 28.0 Å². The maximum atomic E-state index is 13.2. The average Bonchev–Trinajstić information content (AvgIpc) is 3.69. The van der Waals surface area contributed by atoms with Gasteiger partial charge in [-0.2, -0.15) is 0 Å². The number of sulfone groups is 1. The molecule has 1 aliphatic rings. The highest BCUT2D eigenvalue weighted by Gasteiger charge is 2.35. The van der Waals surface area contributed by atoms with Crippen molar-refractivity contribution in [3.05, 3.63) is 78.6 Å². The number of hydrogen-bond donors (Lipinski definition) is 3. The van der Waals surface area contributed by atoms with Gasteiger partial charge in [0.2, 0.25) is 5.91 Å². The third kappa shape index (κ3) is 8.38. The zero-order chi connectivity index (χ0) is 25.5. The number of benzene rings is 2. The number of carbonyl (C=O) groups excluding carboxylic acids is 1. The van der Waals surface area contributed by atoms with E-state index >= 15 is 0 Å². The molecule has 0 radical (unpaired) electrons. The van der Waals surface area contributed by atoms with Crippen molar-refractivity contribution >= 4 is 22.9 Å². The molecular formula is C26H32BN3O6S. The van der Waals surface area contributed by atoms with Gasteiger partial charge >= 0.3 is 13.1 Å². The first-order valence-electron chi connectivity index (χ1n) is 11.8. The Bertz CT molecular complexity index is 1240. The molecule has 0 unspecified atom stereocenters. The highest BCUT2D eigenvalue weighted by molar-refractivity contribution is 7.91. The number of ether oxygens (including phenoxy) is 1. The Labute approximate surface area is 218 Å². The van der Waals surface area contributed by atoms with E-state index in [9.17, 15) is 23.3 Å². The second-order valence-corrected chi connectivity index (χ2v) is 11.0. The number of para-hydroxylation sites is 1. The summed E-state index contributed by atoms with van der Waals surface area (Å²) >= 11 is 0. The van der Waals surface area contributed by atoms with Gasteiger partial charge in [-0.3, -0.25) is 4.79 Å². The number of nitrogens with one attached hydrogen (secondary N) is 1. The topological polar surface area (TPSA) is 139 Å². The van der Waals surface area contributed by atoms with Gasteiger partial charge in [0.1, 0.15) is 10.6 Å². The largest absolute Gasteiger partial charge is 0.475 e. The molecule has 2 aromatic carbocycles. The zero-order valence-corrected chi connectivity index (χ0v) is 20.4. The van der Waals surface area contributed by atoms with Crippen molar-refractivity contribution in [2.24, 2.45) is 11.8 Å². The first kappa shape index (κ1) is 28.3. The second kappa shape index (κ2) is 12.8. The van der Waals surface area contributed by atoms with E-state index in [0.717, 1.165) is 30.8 Å². The van der Waals surface area contributed by atoms with Crippen LogP contribution in [-0.4, -0.2) is 53.2 Å². The number of amides is 1. The minimum atomic E-state index is -3.95.